The van der Waals surface area contributed by atoms with E-state index in [9.17, 15) is 10.4 Å². The Labute approximate surface area is 177 Å². The van der Waals surface area contributed by atoms with Gasteiger partial charge in [0.1, 0.15) is 17.4 Å². The monoisotopic (exact) mass is 417 g/mol. The fourth-order valence-electron chi connectivity index (χ4n) is 3.19. The Morgan fingerprint density at radius 3 is 2.60 bits per heavy atom. The van der Waals surface area contributed by atoms with Crippen LogP contribution in [0.4, 0.5) is 0 Å². The number of para-hydroxylation sites is 2. The number of fused-ring (bicyclic) bond motifs is 1. The van der Waals surface area contributed by atoms with E-state index in [-0.39, 0.29) is 11.3 Å². The normalized spacial score (nSPS) is 13.1. The number of aliphatic hydroxyl groups is 1. The van der Waals surface area contributed by atoms with E-state index in [1.807, 2.05) is 56.3 Å². The molecule has 0 aliphatic heterocycles. The van der Waals surface area contributed by atoms with E-state index < -0.39 is 5.25 Å². The van der Waals surface area contributed by atoms with Crippen molar-refractivity contribution in [3.05, 3.63) is 65.2 Å². The summed E-state index contributed by atoms with van der Waals surface area (Å²) >= 11 is 1.18. The van der Waals surface area contributed by atoms with Crippen molar-refractivity contribution in [1.29, 1.82) is 5.26 Å². The van der Waals surface area contributed by atoms with E-state index in [0.29, 0.717) is 16.9 Å². The van der Waals surface area contributed by atoms with Gasteiger partial charge in [0.05, 0.1) is 16.3 Å². The number of hydrogen-bond donors (Lipinski definition) is 2. The molecule has 2 N–H and O–H groups in total. The van der Waals surface area contributed by atoms with Crippen LogP contribution in [0.5, 0.6) is 0 Å². The molecule has 0 radical (unpaired) electrons. The van der Waals surface area contributed by atoms with Crippen molar-refractivity contribution in [1.82, 2.24) is 20.2 Å². The molecule has 0 saturated heterocycles. The number of aromatic nitrogens is 4. The lowest BCUT2D eigenvalue weighted by Crippen LogP contribution is -2.04. The van der Waals surface area contributed by atoms with Gasteiger partial charge in [-0.15, -0.1) is 10.2 Å². The quantitative estimate of drug-likeness (QED) is 0.261. The Balaban J connectivity index is 1.58. The molecule has 150 valence electrons. The van der Waals surface area contributed by atoms with Crippen molar-refractivity contribution < 1.29 is 9.52 Å². The number of aryl methyl sites for hydroxylation is 2. The van der Waals surface area contributed by atoms with Gasteiger partial charge in [-0.1, -0.05) is 41.1 Å². The molecule has 0 fully saturated rings. The van der Waals surface area contributed by atoms with Gasteiger partial charge in [0.2, 0.25) is 5.89 Å². The number of nitriles is 1. The smallest absolute Gasteiger partial charge is 0.277 e. The van der Waals surface area contributed by atoms with Crippen LogP contribution in [0.25, 0.3) is 28.1 Å². The van der Waals surface area contributed by atoms with Crippen molar-refractivity contribution >= 4 is 28.4 Å². The molecule has 4 rings (SSSR count). The number of thioether (sulfide) groups is 1. The molecule has 0 aliphatic rings. The average Bonchev–Trinajstić information content (AvgIpc) is 3.34. The number of aromatic amines is 1. The van der Waals surface area contributed by atoms with Gasteiger partial charge < -0.3 is 14.5 Å². The highest BCUT2D eigenvalue weighted by Crippen LogP contribution is 2.31. The number of nitrogens with zero attached hydrogens (tertiary/aromatic N) is 4. The fourth-order valence-corrected chi connectivity index (χ4v) is 3.93. The molecule has 30 heavy (non-hydrogen) atoms. The highest BCUT2D eigenvalue weighted by Gasteiger charge is 2.21. The van der Waals surface area contributed by atoms with Crippen LogP contribution >= 0.6 is 11.8 Å². The molecule has 0 unspecified atom stereocenters. The van der Waals surface area contributed by atoms with Gasteiger partial charge >= 0.3 is 0 Å². The van der Waals surface area contributed by atoms with Crippen molar-refractivity contribution in [2.45, 2.75) is 31.2 Å². The molecule has 0 aliphatic carbocycles. The van der Waals surface area contributed by atoms with Crippen molar-refractivity contribution in [2.75, 3.05) is 0 Å². The van der Waals surface area contributed by atoms with Crippen LogP contribution in [0.15, 0.2) is 57.9 Å². The van der Waals surface area contributed by atoms with E-state index in [4.69, 9.17) is 4.42 Å². The summed E-state index contributed by atoms with van der Waals surface area (Å²) in [6.45, 7) is 5.78. The van der Waals surface area contributed by atoms with Gasteiger partial charge in [-0.2, -0.15) is 5.26 Å². The van der Waals surface area contributed by atoms with E-state index >= 15 is 0 Å². The molecule has 2 heterocycles. The van der Waals surface area contributed by atoms with Crippen LogP contribution in [0, 0.1) is 25.2 Å². The minimum Gasteiger partial charge on any atom is -0.510 e. The first-order valence-corrected chi connectivity index (χ1v) is 10.2. The maximum Gasteiger partial charge on any atom is 0.277 e. The van der Waals surface area contributed by atoms with Gasteiger partial charge in [0.25, 0.3) is 5.22 Å². The van der Waals surface area contributed by atoms with Crippen molar-refractivity contribution in [3.8, 4) is 17.5 Å². The molecule has 2 aromatic carbocycles. The summed E-state index contributed by atoms with van der Waals surface area (Å²) in [5.74, 6) is 0.635. The first-order valence-electron chi connectivity index (χ1n) is 9.32. The summed E-state index contributed by atoms with van der Waals surface area (Å²) in [7, 11) is 0. The SMILES string of the molecule is Cc1cc(C)cc(-c2nnc(S[C@H](C)/C(O)=C(\C#N)c3nc4ccccc4[nH]3)o2)c1. The largest absolute Gasteiger partial charge is 0.510 e. The van der Waals surface area contributed by atoms with Crippen molar-refractivity contribution in [2.24, 2.45) is 0 Å². The number of aliphatic hydroxyl groups excluding tert-OH is 1. The van der Waals surface area contributed by atoms with Crippen LogP contribution in [0.1, 0.15) is 23.9 Å². The van der Waals surface area contributed by atoms with Crippen LogP contribution in [-0.2, 0) is 0 Å². The summed E-state index contributed by atoms with van der Waals surface area (Å²) < 4.78 is 5.77. The second kappa shape index (κ2) is 8.05. The lowest BCUT2D eigenvalue weighted by Gasteiger charge is -2.09. The van der Waals surface area contributed by atoms with Crippen molar-refractivity contribution in [3.63, 3.8) is 0 Å². The van der Waals surface area contributed by atoms with Gasteiger partial charge in [-0.05, 0) is 45.0 Å². The minimum atomic E-state index is -0.486. The molecular weight excluding hydrogens is 398 g/mol. The maximum absolute atomic E-state index is 10.7. The number of nitrogens with one attached hydrogen (secondary N) is 1. The fraction of sp³-hybridized carbons (Fsp3) is 0.182. The molecule has 1 atom stereocenters. The molecule has 0 spiro atoms. The van der Waals surface area contributed by atoms with Crippen LogP contribution < -0.4 is 0 Å². The molecule has 0 bridgehead atoms. The number of benzene rings is 2. The lowest BCUT2D eigenvalue weighted by molar-refractivity contribution is 0.399. The second-order valence-electron chi connectivity index (χ2n) is 6.98. The highest BCUT2D eigenvalue weighted by atomic mass is 32.2. The Morgan fingerprint density at radius 2 is 1.90 bits per heavy atom. The molecule has 0 saturated carbocycles. The van der Waals surface area contributed by atoms with Gasteiger partial charge in [-0.25, -0.2) is 4.98 Å². The highest BCUT2D eigenvalue weighted by molar-refractivity contribution is 7.99. The van der Waals surface area contributed by atoms with E-state index in [2.05, 4.69) is 26.2 Å². The third-order valence-electron chi connectivity index (χ3n) is 4.53. The maximum atomic E-state index is 10.7. The molecule has 0 amide bonds. The van der Waals surface area contributed by atoms with E-state index in [0.717, 1.165) is 27.7 Å². The van der Waals surface area contributed by atoms with Gasteiger partial charge in [0, 0.05) is 5.56 Å². The number of imidazole rings is 1. The number of H-pyrrole nitrogens is 1. The zero-order valence-corrected chi connectivity index (χ0v) is 17.5. The van der Waals surface area contributed by atoms with Crippen LogP contribution in [0.2, 0.25) is 0 Å². The average molecular weight is 417 g/mol. The number of allylic oxidation sites excluding steroid dienone is 1. The Hall–Kier alpha value is -3.57. The van der Waals surface area contributed by atoms with Gasteiger partial charge in [-0.3, -0.25) is 0 Å². The molecule has 2 aromatic heterocycles. The predicted octanol–water partition coefficient (Wildman–Crippen LogP) is 5.20. The van der Waals surface area contributed by atoms with Crippen LogP contribution in [-0.4, -0.2) is 30.5 Å². The number of hydrogen-bond acceptors (Lipinski definition) is 7. The second-order valence-corrected chi connectivity index (χ2v) is 8.28. The summed E-state index contributed by atoms with van der Waals surface area (Å²) in [4.78, 5) is 7.47. The van der Waals surface area contributed by atoms with E-state index in [1.54, 1.807) is 6.92 Å². The molecule has 8 heteroatoms. The zero-order chi connectivity index (χ0) is 21.3. The Morgan fingerprint density at radius 1 is 1.17 bits per heavy atom. The number of rotatable bonds is 5. The zero-order valence-electron chi connectivity index (χ0n) is 16.7. The molecule has 4 aromatic rings. The summed E-state index contributed by atoms with van der Waals surface area (Å²) in [6, 6.07) is 15.5. The summed E-state index contributed by atoms with van der Waals surface area (Å²) in [5.41, 5.74) is 4.66. The Bertz CT molecular complexity index is 1250. The summed E-state index contributed by atoms with van der Waals surface area (Å²) in [5, 5.41) is 28.3. The first-order chi connectivity index (χ1) is 14.4. The van der Waals surface area contributed by atoms with Gasteiger partial charge in [0.15, 0.2) is 5.82 Å². The Kier molecular flexibility index (Phi) is 5.29. The third-order valence-corrected chi connectivity index (χ3v) is 5.48. The first kappa shape index (κ1) is 19.7. The third kappa shape index (κ3) is 3.93. The summed E-state index contributed by atoms with van der Waals surface area (Å²) in [6.07, 6.45) is 0. The molecule has 7 nitrogen and oxygen atoms in total. The lowest BCUT2D eigenvalue weighted by atomic mass is 10.1. The standard InChI is InChI=1S/C22H19N5O2S/c1-12-8-13(2)10-15(9-12)21-26-27-22(29-21)30-14(3)19(28)16(11-23)20-24-17-6-4-5-7-18(17)25-20/h4-10,14,28H,1-3H3,(H,24,25)/b19-16-/t14-/m1/s1. The van der Waals surface area contributed by atoms with Crippen LogP contribution in [0.3, 0.4) is 0 Å². The van der Waals surface area contributed by atoms with E-state index in [1.165, 1.54) is 11.8 Å². The predicted molar refractivity (Wildman–Crippen MR) is 116 cm³/mol. The topological polar surface area (TPSA) is 112 Å². The molecular formula is C22H19N5O2S. The minimum absolute atomic E-state index is 0.0836.